The van der Waals surface area contributed by atoms with Crippen LogP contribution in [0.1, 0.15) is 81.1 Å². The van der Waals surface area contributed by atoms with Gasteiger partial charge in [0.2, 0.25) is 0 Å². The van der Waals surface area contributed by atoms with Crippen LogP contribution in [0.25, 0.3) is 0 Å². The number of rotatable bonds is 5. The lowest BCUT2D eigenvalue weighted by molar-refractivity contribution is -0.119. The normalized spacial score (nSPS) is 9.76. The van der Waals surface area contributed by atoms with Crippen LogP contribution < -0.4 is 0 Å². The summed E-state index contributed by atoms with van der Waals surface area (Å²) in [5, 5.41) is 0. The van der Waals surface area contributed by atoms with Crippen LogP contribution in [-0.4, -0.2) is 11.6 Å². The Bertz CT molecular complexity index is 199. The number of hydrogen-bond acceptors (Lipinski definition) is 2. The zero-order chi connectivity index (χ0) is 13.2. The minimum Gasteiger partial charge on any atom is -0.300 e. The van der Waals surface area contributed by atoms with Crippen molar-refractivity contribution in [1.82, 2.24) is 0 Å². The van der Waals surface area contributed by atoms with Gasteiger partial charge in [0.15, 0.2) is 0 Å². The van der Waals surface area contributed by atoms with E-state index in [1.165, 1.54) is 12.8 Å². The second-order valence-corrected chi connectivity index (χ2v) is 5.60. The van der Waals surface area contributed by atoms with E-state index in [0.717, 1.165) is 12.8 Å². The maximum atomic E-state index is 10.5. The summed E-state index contributed by atoms with van der Waals surface area (Å²) in [6, 6.07) is 0. The van der Waals surface area contributed by atoms with Gasteiger partial charge in [-0.05, 0) is 25.7 Å². The zero-order valence-corrected chi connectivity index (χ0v) is 11.9. The minimum atomic E-state index is 0. The summed E-state index contributed by atoms with van der Waals surface area (Å²) in [5.41, 5.74) is 0.172. The van der Waals surface area contributed by atoms with E-state index in [0.29, 0.717) is 12.2 Å². The SMILES string of the molecule is C.CC(=O)CC(C)(C)C.CCCCCC(C)=O. The van der Waals surface area contributed by atoms with Crippen molar-refractivity contribution in [2.75, 3.05) is 0 Å². The molecule has 0 N–H and O–H groups in total. The lowest BCUT2D eigenvalue weighted by atomic mass is 9.91. The summed E-state index contributed by atoms with van der Waals surface area (Å²) in [7, 11) is 0. The van der Waals surface area contributed by atoms with Gasteiger partial charge in [0.05, 0.1) is 0 Å². The standard InChI is InChI=1S/2C7H14O.CH4/c1-6(8)5-7(2,3)4;1-3-4-5-6-7(2)8;/h5H2,1-4H3;3-6H2,1-2H3;1H4. The molecular formula is C15H32O2. The quantitative estimate of drug-likeness (QED) is 0.651. The number of carbonyl (C=O) groups is 2. The van der Waals surface area contributed by atoms with Crippen molar-refractivity contribution in [3.05, 3.63) is 0 Å². The summed E-state index contributed by atoms with van der Waals surface area (Å²) in [6.45, 7) is 11.6. The van der Waals surface area contributed by atoms with Gasteiger partial charge in [-0.3, -0.25) is 0 Å². The molecule has 0 bridgehead atoms. The molecule has 0 rings (SSSR count). The first-order valence-electron chi connectivity index (χ1n) is 6.18. The lowest BCUT2D eigenvalue weighted by Crippen LogP contribution is -2.09. The second-order valence-electron chi connectivity index (χ2n) is 5.60. The fourth-order valence-electron chi connectivity index (χ4n) is 1.37. The maximum Gasteiger partial charge on any atom is 0.130 e. The van der Waals surface area contributed by atoms with Crippen LogP contribution in [0.4, 0.5) is 0 Å². The summed E-state index contributed by atoms with van der Waals surface area (Å²) >= 11 is 0. The first kappa shape index (κ1) is 21.6. The Morgan fingerprint density at radius 3 is 1.59 bits per heavy atom. The molecular weight excluding hydrogens is 212 g/mol. The molecule has 0 aromatic carbocycles. The van der Waals surface area contributed by atoms with Crippen molar-refractivity contribution in [3.8, 4) is 0 Å². The van der Waals surface area contributed by atoms with Crippen LogP contribution in [0.2, 0.25) is 0 Å². The number of carbonyl (C=O) groups excluding carboxylic acids is 2. The van der Waals surface area contributed by atoms with Gasteiger partial charge < -0.3 is 9.59 Å². The van der Waals surface area contributed by atoms with Crippen molar-refractivity contribution >= 4 is 11.6 Å². The van der Waals surface area contributed by atoms with Crippen LogP contribution >= 0.6 is 0 Å². The highest BCUT2D eigenvalue weighted by Gasteiger charge is 2.11. The van der Waals surface area contributed by atoms with Crippen LogP contribution in [0, 0.1) is 5.41 Å². The van der Waals surface area contributed by atoms with Crippen molar-refractivity contribution in [1.29, 1.82) is 0 Å². The first-order chi connectivity index (χ1) is 7.19. The third-order valence-corrected chi connectivity index (χ3v) is 1.91. The van der Waals surface area contributed by atoms with Crippen molar-refractivity contribution in [3.63, 3.8) is 0 Å². The molecule has 0 aliphatic rings. The molecule has 17 heavy (non-hydrogen) atoms. The van der Waals surface area contributed by atoms with E-state index in [4.69, 9.17) is 0 Å². The molecule has 104 valence electrons. The molecule has 2 heteroatoms. The topological polar surface area (TPSA) is 34.1 Å². The second kappa shape index (κ2) is 11.8. The number of Topliss-reactive ketones (excluding diaryl/α,β-unsaturated/α-hetero) is 2. The Morgan fingerprint density at radius 2 is 1.41 bits per heavy atom. The Morgan fingerprint density at radius 1 is 0.941 bits per heavy atom. The molecule has 0 aromatic rings. The summed E-state index contributed by atoms with van der Waals surface area (Å²) in [4.78, 5) is 20.8. The predicted octanol–water partition coefficient (Wildman–Crippen LogP) is 4.80. The van der Waals surface area contributed by atoms with E-state index in [2.05, 4.69) is 27.7 Å². The van der Waals surface area contributed by atoms with Crippen LogP contribution in [0.15, 0.2) is 0 Å². The van der Waals surface area contributed by atoms with Crippen LogP contribution in [0.3, 0.4) is 0 Å². The molecule has 0 radical (unpaired) electrons. The third-order valence-electron chi connectivity index (χ3n) is 1.91. The van der Waals surface area contributed by atoms with Crippen molar-refractivity contribution in [2.45, 2.75) is 81.1 Å². The van der Waals surface area contributed by atoms with E-state index >= 15 is 0 Å². The van der Waals surface area contributed by atoms with E-state index in [1.807, 2.05) is 0 Å². The molecule has 0 spiro atoms. The van der Waals surface area contributed by atoms with Gasteiger partial charge in [-0.15, -0.1) is 0 Å². The summed E-state index contributed by atoms with van der Waals surface area (Å²) in [6.07, 6.45) is 4.93. The highest BCUT2D eigenvalue weighted by atomic mass is 16.1. The number of unbranched alkanes of at least 4 members (excludes halogenated alkanes) is 2. The summed E-state index contributed by atoms with van der Waals surface area (Å²) in [5.74, 6) is 0.593. The highest BCUT2D eigenvalue weighted by molar-refractivity contribution is 5.76. The Labute approximate surface area is 108 Å². The van der Waals surface area contributed by atoms with Crippen LogP contribution in [-0.2, 0) is 9.59 Å². The average Bonchev–Trinajstić information content (AvgIpc) is 2.00. The fourth-order valence-corrected chi connectivity index (χ4v) is 1.37. The Hall–Kier alpha value is -0.660. The van der Waals surface area contributed by atoms with Gasteiger partial charge in [-0.1, -0.05) is 48.0 Å². The number of hydrogen-bond donors (Lipinski definition) is 0. The monoisotopic (exact) mass is 244 g/mol. The molecule has 0 aliphatic heterocycles. The predicted molar refractivity (Wildman–Crippen MR) is 76.3 cm³/mol. The largest absolute Gasteiger partial charge is 0.300 e. The molecule has 0 heterocycles. The van der Waals surface area contributed by atoms with Gasteiger partial charge >= 0.3 is 0 Å². The maximum absolute atomic E-state index is 10.5. The molecule has 0 aromatic heterocycles. The third kappa shape index (κ3) is 31.3. The summed E-state index contributed by atoms with van der Waals surface area (Å²) < 4.78 is 0. The molecule has 0 amide bonds. The fraction of sp³-hybridized carbons (Fsp3) is 0.867. The van der Waals surface area contributed by atoms with Gasteiger partial charge in [-0.2, -0.15) is 0 Å². The van der Waals surface area contributed by atoms with E-state index in [1.54, 1.807) is 13.8 Å². The van der Waals surface area contributed by atoms with Gasteiger partial charge in [0.25, 0.3) is 0 Å². The Kier molecular flexibility index (Phi) is 15.0. The van der Waals surface area contributed by atoms with Crippen molar-refractivity contribution in [2.24, 2.45) is 5.41 Å². The smallest absolute Gasteiger partial charge is 0.130 e. The van der Waals surface area contributed by atoms with Gasteiger partial charge in [0.1, 0.15) is 11.6 Å². The molecule has 0 aliphatic carbocycles. The highest BCUT2D eigenvalue weighted by Crippen LogP contribution is 2.17. The molecule has 0 saturated heterocycles. The van der Waals surface area contributed by atoms with E-state index in [9.17, 15) is 9.59 Å². The molecule has 0 unspecified atom stereocenters. The van der Waals surface area contributed by atoms with E-state index in [-0.39, 0.29) is 18.6 Å². The molecule has 2 nitrogen and oxygen atoms in total. The van der Waals surface area contributed by atoms with Gasteiger partial charge in [0, 0.05) is 12.8 Å². The Balaban J connectivity index is -0.000000218. The lowest BCUT2D eigenvalue weighted by Gasteiger charge is -2.14. The van der Waals surface area contributed by atoms with E-state index < -0.39 is 0 Å². The van der Waals surface area contributed by atoms with Gasteiger partial charge in [-0.25, -0.2) is 0 Å². The van der Waals surface area contributed by atoms with Crippen LogP contribution in [0.5, 0.6) is 0 Å². The zero-order valence-electron chi connectivity index (χ0n) is 11.9. The minimum absolute atomic E-state index is 0. The molecule has 0 fully saturated rings. The molecule has 0 atom stereocenters. The molecule has 0 saturated carbocycles. The number of ketones is 2. The average molecular weight is 244 g/mol. The van der Waals surface area contributed by atoms with Crippen molar-refractivity contribution < 1.29 is 9.59 Å². The first-order valence-corrected chi connectivity index (χ1v) is 6.18.